The van der Waals surface area contributed by atoms with E-state index in [0.717, 1.165) is 56.3 Å². The van der Waals surface area contributed by atoms with Gasteiger partial charge in [-0.25, -0.2) is 13.1 Å². The van der Waals surface area contributed by atoms with Gasteiger partial charge in [-0.2, -0.15) is 0 Å². The Hall–Kier alpha value is -1.58. The topological polar surface area (TPSA) is 95.6 Å². The van der Waals surface area contributed by atoms with E-state index in [1.54, 1.807) is 17.0 Å². The summed E-state index contributed by atoms with van der Waals surface area (Å²) in [4.78, 5) is 28.2. The molecule has 7 nitrogen and oxygen atoms in total. The second-order valence-electron chi connectivity index (χ2n) is 7.99. The summed E-state index contributed by atoms with van der Waals surface area (Å²) in [6.07, 6.45) is 7.96. The molecule has 2 fully saturated rings. The highest BCUT2D eigenvalue weighted by molar-refractivity contribution is 8.01. The average Bonchev–Trinajstić information content (AvgIpc) is 3.04. The fourth-order valence-electron chi connectivity index (χ4n) is 4.21. The highest BCUT2D eigenvalue weighted by atomic mass is 32.2. The van der Waals surface area contributed by atoms with Gasteiger partial charge < -0.3 is 10.2 Å². The number of thioether (sulfide) groups is 1. The maximum Gasteiger partial charge on any atom is 0.247 e. The van der Waals surface area contributed by atoms with Crippen LogP contribution in [0.15, 0.2) is 28.0 Å². The van der Waals surface area contributed by atoms with Gasteiger partial charge in [-0.1, -0.05) is 25.7 Å². The second-order valence-corrected chi connectivity index (χ2v) is 10.8. The van der Waals surface area contributed by atoms with Crippen molar-refractivity contribution in [3.8, 4) is 0 Å². The van der Waals surface area contributed by atoms with Crippen LogP contribution in [0.25, 0.3) is 0 Å². The van der Waals surface area contributed by atoms with Crippen molar-refractivity contribution in [2.45, 2.75) is 72.4 Å². The summed E-state index contributed by atoms with van der Waals surface area (Å²) in [7, 11) is -3.63. The van der Waals surface area contributed by atoms with E-state index in [1.165, 1.54) is 17.8 Å². The van der Waals surface area contributed by atoms with E-state index in [9.17, 15) is 18.0 Å². The molecule has 2 heterocycles. The summed E-state index contributed by atoms with van der Waals surface area (Å²) in [6, 6.07) is 4.71. The fraction of sp³-hybridized carbons (Fsp3) is 0.600. The van der Waals surface area contributed by atoms with Crippen LogP contribution >= 0.6 is 11.8 Å². The number of rotatable bonds is 4. The van der Waals surface area contributed by atoms with Crippen molar-refractivity contribution in [3.63, 3.8) is 0 Å². The minimum atomic E-state index is -3.63. The van der Waals surface area contributed by atoms with Gasteiger partial charge in [0.1, 0.15) is 0 Å². The van der Waals surface area contributed by atoms with Crippen molar-refractivity contribution in [2.24, 2.45) is 0 Å². The van der Waals surface area contributed by atoms with Crippen LogP contribution < -0.4 is 10.0 Å². The van der Waals surface area contributed by atoms with Gasteiger partial charge in [0.2, 0.25) is 21.8 Å². The van der Waals surface area contributed by atoms with E-state index >= 15 is 0 Å². The maximum atomic E-state index is 12.9. The molecule has 0 bridgehead atoms. The predicted molar refractivity (Wildman–Crippen MR) is 112 cm³/mol. The monoisotopic (exact) mass is 437 g/mol. The molecule has 9 heteroatoms. The third-order valence-electron chi connectivity index (χ3n) is 5.82. The van der Waals surface area contributed by atoms with Gasteiger partial charge in [0, 0.05) is 24.0 Å². The minimum Gasteiger partial charge on any atom is -0.341 e. The summed E-state index contributed by atoms with van der Waals surface area (Å²) in [6.45, 7) is 1.39. The number of hydrogen-bond donors (Lipinski definition) is 2. The molecule has 4 rings (SSSR count). The zero-order valence-corrected chi connectivity index (χ0v) is 18.0. The lowest BCUT2D eigenvalue weighted by atomic mass is 10.2. The first-order valence-electron chi connectivity index (χ1n) is 10.4. The molecule has 0 radical (unpaired) electrons. The number of nitrogens with one attached hydrogen (secondary N) is 2. The van der Waals surface area contributed by atoms with Gasteiger partial charge >= 0.3 is 0 Å². The average molecular weight is 438 g/mol. The van der Waals surface area contributed by atoms with Crippen molar-refractivity contribution in [3.05, 3.63) is 18.2 Å². The zero-order chi connectivity index (χ0) is 20.4. The Morgan fingerprint density at radius 2 is 1.76 bits per heavy atom. The number of likely N-dealkylation sites (tertiary alicyclic amines) is 1. The number of sulfonamides is 1. The number of anilines is 1. The van der Waals surface area contributed by atoms with Gasteiger partial charge in [-0.05, 0) is 43.9 Å². The molecule has 2 aliphatic heterocycles. The largest absolute Gasteiger partial charge is 0.341 e. The third-order valence-corrected chi connectivity index (χ3v) is 8.60. The number of hydrogen-bond acceptors (Lipinski definition) is 5. The summed E-state index contributed by atoms with van der Waals surface area (Å²) in [5.74, 6) is -0.533. The maximum absolute atomic E-state index is 12.9. The first-order valence-corrected chi connectivity index (χ1v) is 12.7. The van der Waals surface area contributed by atoms with Crippen LogP contribution in [-0.4, -0.2) is 49.5 Å². The molecule has 2 amide bonds. The van der Waals surface area contributed by atoms with Crippen LogP contribution in [0.5, 0.6) is 0 Å². The first kappa shape index (κ1) is 20.7. The Bertz CT molecular complexity index is 889. The third kappa shape index (κ3) is 4.62. The summed E-state index contributed by atoms with van der Waals surface area (Å²) in [5, 5.41) is 1.93. The summed E-state index contributed by atoms with van der Waals surface area (Å²) >= 11 is 1.21. The van der Waals surface area contributed by atoms with E-state index in [2.05, 4.69) is 10.0 Å². The van der Waals surface area contributed by atoms with E-state index in [1.807, 2.05) is 0 Å². The molecular weight excluding hydrogens is 410 g/mol. The molecule has 1 saturated heterocycles. The molecule has 1 aliphatic carbocycles. The molecule has 0 spiro atoms. The highest BCUT2D eigenvalue weighted by Crippen LogP contribution is 2.38. The number of amides is 2. The van der Waals surface area contributed by atoms with Crippen LogP contribution in [-0.2, 0) is 19.6 Å². The predicted octanol–water partition coefficient (Wildman–Crippen LogP) is 2.72. The summed E-state index contributed by atoms with van der Waals surface area (Å²) in [5.41, 5.74) is 0.453. The van der Waals surface area contributed by atoms with Gasteiger partial charge in [-0.15, -0.1) is 11.8 Å². The van der Waals surface area contributed by atoms with Crippen LogP contribution in [0.4, 0.5) is 5.69 Å². The number of carbonyl (C=O) groups is 2. The molecular formula is C20H27N3O4S2. The van der Waals surface area contributed by atoms with Gasteiger partial charge in [-0.3, -0.25) is 9.59 Å². The molecule has 29 heavy (non-hydrogen) atoms. The first-order chi connectivity index (χ1) is 13.9. The van der Waals surface area contributed by atoms with Gasteiger partial charge in [0.05, 0.1) is 10.6 Å². The Labute approximate surface area is 176 Å². The van der Waals surface area contributed by atoms with E-state index < -0.39 is 15.3 Å². The summed E-state index contributed by atoms with van der Waals surface area (Å²) < 4.78 is 28.1. The molecule has 0 aromatic heterocycles. The van der Waals surface area contributed by atoms with Crippen LogP contribution in [0.2, 0.25) is 0 Å². The van der Waals surface area contributed by atoms with Crippen molar-refractivity contribution < 1.29 is 18.0 Å². The van der Waals surface area contributed by atoms with Crippen LogP contribution in [0.3, 0.4) is 0 Å². The standard InChI is InChI=1S/C20H27N3O4S2/c24-19-18(20(25)23-11-5-1-2-6-12-23)28-17-10-9-15(13-16(17)21-19)29(26,27)22-14-7-3-4-8-14/h9-10,13-14,18,22H,1-8,11-12H2,(H,21,24)/t18-/m0/s1. The Morgan fingerprint density at radius 3 is 2.45 bits per heavy atom. The quantitative estimate of drug-likeness (QED) is 0.706. The lowest BCUT2D eigenvalue weighted by Gasteiger charge is -2.29. The molecule has 1 aromatic rings. The zero-order valence-electron chi connectivity index (χ0n) is 16.4. The van der Waals surface area contributed by atoms with Crippen molar-refractivity contribution in [1.82, 2.24) is 9.62 Å². The molecule has 1 atom stereocenters. The Morgan fingerprint density at radius 1 is 1.07 bits per heavy atom. The van der Waals surface area contributed by atoms with E-state index in [-0.39, 0.29) is 22.8 Å². The molecule has 0 unspecified atom stereocenters. The molecule has 3 aliphatic rings. The number of nitrogens with zero attached hydrogens (tertiary/aromatic N) is 1. The Kier molecular flexibility index (Phi) is 6.17. The lowest BCUT2D eigenvalue weighted by molar-refractivity contribution is -0.133. The van der Waals surface area contributed by atoms with E-state index in [0.29, 0.717) is 18.8 Å². The smallest absolute Gasteiger partial charge is 0.247 e. The number of carbonyl (C=O) groups excluding carboxylic acids is 2. The number of benzene rings is 1. The lowest BCUT2D eigenvalue weighted by Crippen LogP contribution is -2.45. The molecule has 158 valence electrons. The normalized spacial score (nSPS) is 23.4. The van der Waals surface area contributed by atoms with E-state index in [4.69, 9.17) is 0 Å². The van der Waals surface area contributed by atoms with Crippen molar-refractivity contribution in [1.29, 1.82) is 0 Å². The number of fused-ring (bicyclic) bond motifs is 1. The fourth-order valence-corrected chi connectivity index (χ4v) is 6.59. The Balaban J connectivity index is 1.50. The SMILES string of the molecule is O=C1Nc2cc(S(=O)(=O)NC3CCCC3)ccc2S[C@@H]1C(=O)N1CCCCCC1. The molecule has 2 N–H and O–H groups in total. The minimum absolute atomic E-state index is 0.0179. The van der Waals surface area contributed by atoms with Crippen molar-refractivity contribution in [2.75, 3.05) is 18.4 Å². The highest BCUT2D eigenvalue weighted by Gasteiger charge is 2.36. The van der Waals surface area contributed by atoms with Gasteiger partial charge in [0.25, 0.3) is 0 Å². The molecule has 1 saturated carbocycles. The van der Waals surface area contributed by atoms with Crippen LogP contribution in [0.1, 0.15) is 51.4 Å². The second kappa shape index (κ2) is 8.65. The van der Waals surface area contributed by atoms with Gasteiger partial charge in [0.15, 0.2) is 5.25 Å². The molecule has 1 aromatic carbocycles. The van der Waals surface area contributed by atoms with Crippen LogP contribution in [0, 0.1) is 0 Å². The van der Waals surface area contributed by atoms with Crippen molar-refractivity contribution >= 4 is 39.3 Å².